The highest BCUT2D eigenvalue weighted by molar-refractivity contribution is 5.79. The lowest BCUT2D eigenvalue weighted by Crippen LogP contribution is -2.03. The number of hydrogen-bond acceptors (Lipinski definition) is 1. The van der Waals surface area contributed by atoms with Crippen molar-refractivity contribution in [3.05, 3.63) is 36.5 Å². The second-order valence-electron chi connectivity index (χ2n) is 3.56. The number of nitriles is 1. The van der Waals surface area contributed by atoms with E-state index in [0.717, 1.165) is 6.54 Å². The molecule has 14 heavy (non-hydrogen) atoms. The van der Waals surface area contributed by atoms with Crippen LogP contribution in [0.25, 0.3) is 10.9 Å². The maximum atomic E-state index is 8.74. The molecule has 0 saturated heterocycles. The molecule has 2 aromatic rings. The lowest BCUT2D eigenvalue weighted by Gasteiger charge is -2.05. The molecule has 70 valence electrons. The van der Waals surface area contributed by atoms with Gasteiger partial charge in [0.1, 0.15) is 0 Å². The van der Waals surface area contributed by atoms with Gasteiger partial charge in [-0.15, -0.1) is 0 Å². The fourth-order valence-electron chi connectivity index (χ4n) is 1.64. The predicted molar refractivity (Wildman–Crippen MR) is 56.7 cm³/mol. The van der Waals surface area contributed by atoms with Crippen LogP contribution in [-0.4, -0.2) is 4.57 Å². The summed E-state index contributed by atoms with van der Waals surface area (Å²) in [4.78, 5) is 0. The Morgan fingerprint density at radius 1 is 1.36 bits per heavy atom. The second kappa shape index (κ2) is 3.55. The molecule has 2 nitrogen and oxygen atoms in total. The van der Waals surface area contributed by atoms with Crippen molar-refractivity contribution in [2.45, 2.75) is 13.5 Å². The van der Waals surface area contributed by atoms with E-state index in [0.29, 0.717) is 0 Å². The molecule has 1 aromatic carbocycles. The molecule has 0 N–H and O–H groups in total. The predicted octanol–water partition coefficient (Wildman–Crippen LogP) is 2.80. The minimum atomic E-state index is 0.0609. The largest absolute Gasteiger partial charge is 0.346 e. The molecule has 0 spiro atoms. The summed E-state index contributed by atoms with van der Waals surface area (Å²) in [5, 5.41) is 9.98. The monoisotopic (exact) mass is 184 g/mol. The average molecular weight is 184 g/mol. The first kappa shape index (κ1) is 8.83. The maximum Gasteiger partial charge on any atom is 0.0671 e. The average Bonchev–Trinajstić information content (AvgIpc) is 2.62. The highest BCUT2D eigenvalue weighted by Crippen LogP contribution is 2.16. The first-order valence-electron chi connectivity index (χ1n) is 4.75. The lowest BCUT2D eigenvalue weighted by atomic mass is 10.2. The molecule has 0 aliphatic carbocycles. The lowest BCUT2D eigenvalue weighted by molar-refractivity contribution is 0.596. The number of fused-ring (bicyclic) bond motifs is 1. The molecule has 2 heteroatoms. The molecule has 1 atom stereocenters. The number of rotatable bonds is 2. The van der Waals surface area contributed by atoms with Gasteiger partial charge < -0.3 is 4.57 Å². The maximum absolute atomic E-state index is 8.74. The summed E-state index contributed by atoms with van der Waals surface area (Å²) in [6.45, 7) is 2.71. The Hall–Kier alpha value is -1.75. The van der Waals surface area contributed by atoms with Crippen LogP contribution in [0.5, 0.6) is 0 Å². The summed E-state index contributed by atoms with van der Waals surface area (Å²) < 4.78 is 2.13. The fraction of sp³-hybridized carbons (Fsp3) is 0.250. The van der Waals surface area contributed by atoms with Crippen LogP contribution >= 0.6 is 0 Å². The molecule has 1 aromatic heterocycles. The van der Waals surface area contributed by atoms with E-state index in [1.807, 2.05) is 25.3 Å². The van der Waals surface area contributed by atoms with Crippen LogP contribution in [0.2, 0.25) is 0 Å². The normalized spacial score (nSPS) is 12.6. The quantitative estimate of drug-likeness (QED) is 0.705. The SMILES string of the molecule is CC(C#N)Cn1ccc2ccccc21. The molecule has 0 amide bonds. The third-order valence-corrected chi connectivity index (χ3v) is 2.37. The zero-order valence-electron chi connectivity index (χ0n) is 8.14. The molecule has 2 rings (SSSR count). The van der Waals surface area contributed by atoms with Crippen molar-refractivity contribution in [1.29, 1.82) is 5.26 Å². The van der Waals surface area contributed by atoms with Crippen molar-refractivity contribution in [2.24, 2.45) is 5.92 Å². The van der Waals surface area contributed by atoms with E-state index in [2.05, 4.69) is 28.8 Å². The van der Waals surface area contributed by atoms with Gasteiger partial charge in [0, 0.05) is 18.3 Å². The van der Waals surface area contributed by atoms with Crippen molar-refractivity contribution in [3.63, 3.8) is 0 Å². The summed E-state index contributed by atoms with van der Waals surface area (Å²) >= 11 is 0. The van der Waals surface area contributed by atoms with Crippen LogP contribution in [0, 0.1) is 17.2 Å². The summed E-state index contributed by atoms with van der Waals surface area (Å²) in [6.07, 6.45) is 2.04. The van der Waals surface area contributed by atoms with Gasteiger partial charge in [0.05, 0.1) is 12.0 Å². The van der Waals surface area contributed by atoms with Crippen molar-refractivity contribution in [2.75, 3.05) is 0 Å². The van der Waals surface area contributed by atoms with Crippen molar-refractivity contribution < 1.29 is 0 Å². The summed E-state index contributed by atoms with van der Waals surface area (Å²) in [5.74, 6) is 0.0609. The number of benzene rings is 1. The Balaban J connectivity index is 2.39. The summed E-state index contributed by atoms with van der Waals surface area (Å²) in [7, 11) is 0. The van der Waals surface area contributed by atoms with E-state index >= 15 is 0 Å². The topological polar surface area (TPSA) is 28.7 Å². The van der Waals surface area contributed by atoms with Crippen LogP contribution < -0.4 is 0 Å². The van der Waals surface area contributed by atoms with Crippen LogP contribution in [0.1, 0.15) is 6.92 Å². The first-order chi connectivity index (χ1) is 6.81. The van der Waals surface area contributed by atoms with Crippen molar-refractivity contribution in [3.8, 4) is 6.07 Å². The first-order valence-corrected chi connectivity index (χ1v) is 4.75. The standard InChI is InChI=1S/C12H12N2/c1-10(8-13)9-14-7-6-11-4-2-3-5-12(11)14/h2-7,10H,9H2,1H3. The van der Waals surface area contributed by atoms with Crippen LogP contribution in [0.3, 0.4) is 0 Å². The van der Waals surface area contributed by atoms with Crippen molar-refractivity contribution >= 4 is 10.9 Å². The van der Waals surface area contributed by atoms with E-state index in [9.17, 15) is 0 Å². The zero-order chi connectivity index (χ0) is 9.97. The zero-order valence-corrected chi connectivity index (χ0v) is 8.14. The van der Waals surface area contributed by atoms with Gasteiger partial charge in [0.15, 0.2) is 0 Å². The molecule has 0 aliphatic heterocycles. The van der Waals surface area contributed by atoms with Crippen LogP contribution in [0.15, 0.2) is 36.5 Å². The third kappa shape index (κ3) is 1.49. The molecule has 0 radical (unpaired) electrons. The van der Waals surface area contributed by atoms with E-state index in [1.54, 1.807) is 0 Å². The van der Waals surface area contributed by atoms with E-state index < -0.39 is 0 Å². The van der Waals surface area contributed by atoms with Gasteiger partial charge in [0.2, 0.25) is 0 Å². The Morgan fingerprint density at radius 3 is 2.93 bits per heavy atom. The third-order valence-electron chi connectivity index (χ3n) is 2.37. The summed E-state index contributed by atoms with van der Waals surface area (Å²) in [6, 6.07) is 12.6. The van der Waals surface area contributed by atoms with Crippen LogP contribution in [0.4, 0.5) is 0 Å². The number of hydrogen-bond donors (Lipinski definition) is 0. The van der Waals surface area contributed by atoms with Gasteiger partial charge >= 0.3 is 0 Å². The molecule has 1 heterocycles. The van der Waals surface area contributed by atoms with E-state index in [-0.39, 0.29) is 5.92 Å². The smallest absolute Gasteiger partial charge is 0.0671 e. The van der Waals surface area contributed by atoms with Gasteiger partial charge in [-0.3, -0.25) is 0 Å². The van der Waals surface area contributed by atoms with Crippen LogP contribution in [-0.2, 0) is 6.54 Å². The van der Waals surface area contributed by atoms with Gasteiger partial charge in [-0.05, 0) is 24.4 Å². The van der Waals surface area contributed by atoms with Gasteiger partial charge in [-0.2, -0.15) is 5.26 Å². The molecular weight excluding hydrogens is 172 g/mol. The van der Waals surface area contributed by atoms with E-state index in [4.69, 9.17) is 5.26 Å². The molecule has 0 saturated carbocycles. The van der Waals surface area contributed by atoms with E-state index in [1.165, 1.54) is 10.9 Å². The fourth-order valence-corrected chi connectivity index (χ4v) is 1.64. The Labute approximate surface area is 83.4 Å². The molecular formula is C12H12N2. The van der Waals surface area contributed by atoms with Crippen molar-refractivity contribution in [1.82, 2.24) is 4.57 Å². The molecule has 1 unspecified atom stereocenters. The Morgan fingerprint density at radius 2 is 2.14 bits per heavy atom. The molecule has 0 aliphatic rings. The van der Waals surface area contributed by atoms with Gasteiger partial charge in [-0.1, -0.05) is 18.2 Å². The highest BCUT2D eigenvalue weighted by Gasteiger charge is 2.03. The highest BCUT2D eigenvalue weighted by atomic mass is 15.0. The second-order valence-corrected chi connectivity index (χ2v) is 3.56. The van der Waals surface area contributed by atoms with Gasteiger partial charge in [0.25, 0.3) is 0 Å². The van der Waals surface area contributed by atoms with Gasteiger partial charge in [-0.25, -0.2) is 0 Å². The Kier molecular flexibility index (Phi) is 2.24. The summed E-state index contributed by atoms with van der Waals surface area (Å²) in [5.41, 5.74) is 1.20. The molecule has 0 fully saturated rings. The number of nitrogens with zero attached hydrogens (tertiary/aromatic N) is 2. The number of aromatic nitrogens is 1. The number of para-hydroxylation sites is 1. The molecule has 0 bridgehead atoms. The Bertz CT molecular complexity index is 476. The minimum Gasteiger partial charge on any atom is -0.346 e. The minimum absolute atomic E-state index is 0.0609.